The second kappa shape index (κ2) is 7.68. The van der Waals surface area contributed by atoms with Crippen LogP contribution in [0, 0.1) is 13.8 Å². The predicted octanol–water partition coefficient (Wildman–Crippen LogP) is 5.24. The number of rotatable bonds is 5. The van der Waals surface area contributed by atoms with Crippen LogP contribution in [0.3, 0.4) is 0 Å². The third kappa shape index (κ3) is 3.49. The monoisotopic (exact) mass is 405 g/mol. The van der Waals surface area contributed by atoms with E-state index in [0.29, 0.717) is 22.8 Å². The SMILES string of the molecule is COc1ccc(Cn2nc(C)c3c(-c4ccc(Cl)cc4)c(C=O)c(C)nc32)cc1. The number of hydrogen-bond acceptors (Lipinski definition) is 4. The van der Waals surface area contributed by atoms with E-state index in [-0.39, 0.29) is 0 Å². The highest BCUT2D eigenvalue weighted by atomic mass is 35.5. The molecule has 0 unspecified atom stereocenters. The summed E-state index contributed by atoms with van der Waals surface area (Å²) in [6, 6.07) is 15.4. The Labute approximate surface area is 173 Å². The van der Waals surface area contributed by atoms with E-state index >= 15 is 0 Å². The molecule has 2 heterocycles. The van der Waals surface area contributed by atoms with Crippen molar-refractivity contribution in [1.82, 2.24) is 14.8 Å². The highest BCUT2D eigenvalue weighted by Crippen LogP contribution is 2.35. The van der Waals surface area contributed by atoms with Gasteiger partial charge in [-0.15, -0.1) is 0 Å². The van der Waals surface area contributed by atoms with Crippen molar-refractivity contribution in [2.24, 2.45) is 0 Å². The Bertz CT molecular complexity index is 1200. The Hall–Kier alpha value is -3.18. The lowest BCUT2D eigenvalue weighted by Gasteiger charge is -2.11. The molecule has 0 bridgehead atoms. The summed E-state index contributed by atoms with van der Waals surface area (Å²) in [6.45, 7) is 4.36. The van der Waals surface area contributed by atoms with E-state index in [1.54, 1.807) is 7.11 Å². The number of aldehydes is 1. The van der Waals surface area contributed by atoms with Gasteiger partial charge in [0.05, 0.1) is 30.4 Å². The number of methoxy groups -OCH3 is 1. The lowest BCUT2D eigenvalue weighted by Crippen LogP contribution is -2.05. The van der Waals surface area contributed by atoms with Gasteiger partial charge in [-0.2, -0.15) is 5.10 Å². The molecule has 5 nitrogen and oxygen atoms in total. The number of pyridine rings is 1. The smallest absolute Gasteiger partial charge is 0.159 e. The average molecular weight is 406 g/mol. The molecule has 29 heavy (non-hydrogen) atoms. The van der Waals surface area contributed by atoms with E-state index in [1.807, 2.05) is 67.1 Å². The summed E-state index contributed by atoms with van der Waals surface area (Å²) in [6.07, 6.45) is 0.867. The van der Waals surface area contributed by atoms with Gasteiger partial charge in [0.25, 0.3) is 0 Å². The molecule has 2 aromatic heterocycles. The first-order chi connectivity index (χ1) is 14.0. The van der Waals surface area contributed by atoms with Crippen molar-refractivity contribution in [1.29, 1.82) is 0 Å². The molecule has 0 radical (unpaired) electrons. The maximum absolute atomic E-state index is 11.9. The molecule has 0 aliphatic rings. The number of aromatic nitrogens is 3. The maximum atomic E-state index is 11.9. The highest BCUT2D eigenvalue weighted by Gasteiger charge is 2.20. The minimum atomic E-state index is 0.571. The van der Waals surface area contributed by atoms with Crippen LogP contribution in [-0.4, -0.2) is 28.2 Å². The van der Waals surface area contributed by atoms with Gasteiger partial charge in [0.1, 0.15) is 5.75 Å². The molecule has 4 aromatic rings. The van der Waals surface area contributed by atoms with E-state index in [4.69, 9.17) is 26.4 Å². The lowest BCUT2D eigenvalue weighted by molar-refractivity contribution is 0.112. The quantitative estimate of drug-likeness (QED) is 0.426. The molecule has 0 saturated carbocycles. The standard InChI is InChI=1S/C23H20ClN3O2/c1-14-20(13-28)22(17-6-8-18(24)9-7-17)21-15(2)26-27(23(21)25-14)12-16-4-10-19(29-3)11-5-16/h4-11,13H,12H2,1-3H3. The molecule has 0 saturated heterocycles. The lowest BCUT2D eigenvalue weighted by atomic mass is 9.96. The minimum Gasteiger partial charge on any atom is -0.497 e. The zero-order valence-electron chi connectivity index (χ0n) is 16.4. The third-order valence-electron chi connectivity index (χ3n) is 5.03. The van der Waals surface area contributed by atoms with Crippen LogP contribution in [0.5, 0.6) is 5.75 Å². The summed E-state index contributed by atoms with van der Waals surface area (Å²) in [7, 11) is 1.65. The summed E-state index contributed by atoms with van der Waals surface area (Å²) in [5, 5.41) is 6.26. The third-order valence-corrected chi connectivity index (χ3v) is 5.28. The zero-order valence-corrected chi connectivity index (χ0v) is 17.2. The van der Waals surface area contributed by atoms with Crippen LogP contribution in [0.4, 0.5) is 0 Å². The predicted molar refractivity (Wildman–Crippen MR) is 115 cm³/mol. The number of ether oxygens (including phenoxy) is 1. The normalized spacial score (nSPS) is 11.0. The van der Waals surface area contributed by atoms with Crippen LogP contribution >= 0.6 is 11.6 Å². The number of aryl methyl sites for hydroxylation is 2. The zero-order chi connectivity index (χ0) is 20.5. The molecular formula is C23H20ClN3O2. The fourth-order valence-electron chi connectivity index (χ4n) is 3.58. The fourth-order valence-corrected chi connectivity index (χ4v) is 3.71. The molecule has 0 aliphatic carbocycles. The van der Waals surface area contributed by atoms with Gasteiger partial charge >= 0.3 is 0 Å². The fraction of sp³-hybridized carbons (Fsp3) is 0.174. The Morgan fingerprint density at radius 1 is 1.03 bits per heavy atom. The van der Waals surface area contributed by atoms with Crippen molar-refractivity contribution < 1.29 is 9.53 Å². The molecule has 2 aromatic carbocycles. The average Bonchev–Trinajstić information content (AvgIpc) is 3.03. The van der Waals surface area contributed by atoms with E-state index < -0.39 is 0 Å². The Morgan fingerprint density at radius 3 is 2.34 bits per heavy atom. The summed E-state index contributed by atoms with van der Waals surface area (Å²) in [4.78, 5) is 16.6. The van der Waals surface area contributed by atoms with Crippen LogP contribution in [0.15, 0.2) is 48.5 Å². The highest BCUT2D eigenvalue weighted by molar-refractivity contribution is 6.30. The number of halogens is 1. The first-order valence-electron chi connectivity index (χ1n) is 9.23. The van der Waals surface area contributed by atoms with Gasteiger partial charge in [-0.3, -0.25) is 4.79 Å². The second-order valence-corrected chi connectivity index (χ2v) is 7.34. The second-order valence-electron chi connectivity index (χ2n) is 6.90. The number of carbonyl (C=O) groups is 1. The molecule has 0 fully saturated rings. The summed E-state index contributed by atoms with van der Waals surface area (Å²) in [5.41, 5.74) is 5.68. The van der Waals surface area contributed by atoms with Crippen molar-refractivity contribution in [3.05, 3.63) is 76.1 Å². The number of benzene rings is 2. The van der Waals surface area contributed by atoms with Crippen molar-refractivity contribution in [2.45, 2.75) is 20.4 Å². The van der Waals surface area contributed by atoms with Crippen molar-refractivity contribution >= 4 is 28.9 Å². The van der Waals surface area contributed by atoms with E-state index in [1.165, 1.54) is 0 Å². The van der Waals surface area contributed by atoms with Crippen LogP contribution in [-0.2, 0) is 6.54 Å². The summed E-state index contributed by atoms with van der Waals surface area (Å²) < 4.78 is 7.11. The van der Waals surface area contributed by atoms with E-state index in [2.05, 4.69) is 0 Å². The van der Waals surface area contributed by atoms with Gasteiger partial charge in [0.15, 0.2) is 11.9 Å². The van der Waals surface area contributed by atoms with Gasteiger partial charge in [-0.05, 0) is 49.2 Å². The van der Waals surface area contributed by atoms with Crippen molar-refractivity contribution in [2.75, 3.05) is 7.11 Å². The van der Waals surface area contributed by atoms with Crippen LogP contribution in [0.2, 0.25) is 5.02 Å². The van der Waals surface area contributed by atoms with Gasteiger partial charge in [0, 0.05) is 16.1 Å². The van der Waals surface area contributed by atoms with Crippen molar-refractivity contribution in [3.8, 4) is 16.9 Å². The number of fused-ring (bicyclic) bond motifs is 1. The molecular weight excluding hydrogens is 386 g/mol. The topological polar surface area (TPSA) is 57.0 Å². The Balaban J connectivity index is 1.91. The van der Waals surface area contributed by atoms with Gasteiger partial charge in [-0.25, -0.2) is 9.67 Å². The minimum absolute atomic E-state index is 0.571. The number of hydrogen-bond donors (Lipinski definition) is 0. The van der Waals surface area contributed by atoms with Crippen LogP contribution < -0.4 is 4.74 Å². The summed E-state index contributed by atoms with van der Waals surface area (Å²) in [5.74, 6) is 0.810. The van der Waals surface area contributed by atoms with Crippen molar-refractivity contribution in [3.63, 3.8) is 0 Å². The Kier molecular flexibility index (Phi) is 5.07. The van der Waals surface area contributed by atoms with Gasteiger partial charge < -0.3 is 4.74 Å². The van der Waals surface area contributed by atoms with E-state index in [0.717, 1.165) is 45.5 Å². The maximum Gasteiger partial charge on any atom is 0.159 e. The van der Waals surface area contributed by atoms with Crippen LogP contribution in [0.25, 0.3) is 22.2 Å². The Morgan fingerprint density at radius 2 is 1.72 bits per heavy atom. The molecule has 0 spiro atoms. The van der Waals surface area contributed by atoms with Gasteiger partial charge in [0.2, 0.25) is 0 Å². The molecule has 146 valence electrons. The number of nitrogens with zero attached hydrogens (tertiary/aromatic N) is 3. The number of carbonyl (C=O) groups excluding carboxylic acids is 1. The van der Waals surface area contributed by atoms with E-state index in [9.17, 15) is 4.79 Å². The molecule has 0 atom stereocenters. The molecule has 6 heteroatoms. The first kappa shape index (κ1) is 19.2. The van der Waals surface area contributed by atoms with Crippen LogP contribution in [0.1, 0.15) is 27.3 Å². The van der Waals surface area contributed by atoms with Gasteiger partial charge in [-0.1, -0.05) is 35.9 Å². The largest absolute Gasteiger partial charge is 0.497 e. The molecule has 0 aliphatic heterocycles. The summed E-state index contributed by atoms with van der Waals surface area (Å²) >= 11 is 6.06. The molecule has 0 N–H and O–H groups in total. The first-order valence-corrected chi connectivity index (χ1v) is 9.61. The molecule has 4 rings (SSSR count). The molecule has 0 amide bonds.